The number of aryl methyl sites for hydroxylation is 1. The SMILES string of the molecule is Cc1cccc(NC(=O)CCNc2ccc3nccnc3n2)n1. The van der Waals surface area contributed by atoms with E-state index in [1.165, 1.54) is 0 Å². The summed E-state index contributed by atoms with van der Waals surface area (Å²) in [4.78, 5) is 28.8. The number of fused-ring (bicyclic) bond motifs is 1. The summed E-state index contributed by atoms with van der Waals surface area (Å²) >= 11 is 0. The summed E-state index contributed by atoms with van der Waals surface area (Å²) in [6.07, 6.45) is 3.54. The maximum Gasteiger partial charge on any atom is 0.227 e. The molecule has 116 valence electrons. The summed E-state index contributed by atoms with van der Waals surface area (Å²) in [5.74, 6) is 1.13. The van der Waals surface area contributed by atoms with Gasteiger partial charge in [-0.2, -0.15) is 0 Å². The molecule has 2 N–H and O–H groups in total. The predicted molar refractivity (Wildman–Crippen MR) is 88.0 cm³/mol. The van der Waals surface area contributed by atoms with E-state index < -0.39 is 0 Å². The smallest absolute Gasteiger partial charge is 0.227 e. The van der Waals surface area contributed by atoms with E-state index in [1.54, 1.807) is 18.5 Å². The molecule has 1 amide bonds. The standard InChI is InChI=1S/C16H16N6O/c1-11-3-2-4-14(20-11)21-15(23)7-8-18-13-6-5-12-16(22-13)19-10-9-17-12/h2-6,9-10H,7-8H2,1H3,(H,18,19,22)(H,20,21,23). The van der Waals surface area contributed by atoms with Crippen LogP contribution in [0.1, 0.15) is 12.1 Å². The second kappa shape index (κ2) is 6.78. The van der Waals surface area contributed by atoms with Gasteiger partial charge in [-0.05, 0) is 31.2 Å². The zero-order valence-electron chi connectivity index (χ0n) is 12.7. The molecule has 0 aliphatic carbocycles. The van der Waals surface area contributed by atoms with Crippen molar-refractivity contribution in [3.8, 4) is 0 Å². The van der Waals surface area contributed by atoms with E-state index in [0.29, 0.717) is 30.2 Å². The van der Waals surface area contributed by atoms with E-state index in [4.69, 9.17) is 0 Å². The molecule has 3 aromatic rings. The van der Waals surface area contributed by atoms with Crippen molar-refractivity contribution < 1.29 is 4.79 Å². The van der Waals surface area contributed by atoms with Crippen LogP contribution in [0, 0.1) is 6.92 Å². The summed E-state index contributed by atoms with van der Waals surface area (Å²) in [5, 5.41) is 5.87. The van der Waals surface area contributed by atoms with E-state index in [2.05, 4.69) is 30.6 Å². The molecule has 7 heteroatoms. The number of rotatable bonds is 5. The number of carbonyl (C=O) groups is 1. The molecule has 0 spiro atoms. The third-order valence-electron chi connectivity index (χ3n) is 3.15. The van der Waals surface area contributed by atoms with Gasteiger partial charge in [-0.1, -0.05) is 6.07 Å². The first-order valence-electron chi connectivity index (χ1n) is 7.26. The minimum atomic E-state index is -0.101. The van der Waals surface area contributed by atoms with Crippen LogP contribution in [-0.4, -0.2) is 32.4 Å². The normalized spacial score (nSPS) is 10.5. The topological polar surface area (TPSA) is 92.7 Å². The Kier molecular flexibility index (Phi) is 4.37. The Bertz CT molecular complexity index is 835. The highest BCUT2D eigenvalue weighted by Crippen LogP contribution is 2.10. The predicted octanol–water partition coefficient (Wildman–Crippen LogP) is 2.17. The van der Waals surface area contributed by atoms with Crippen molar-refractivity contribution in [1.29, 1.82) is 0 Å². The van der Waals surface area contributed by atoms with E-state index >= 15 is 0 Å². The van der Waals surface area contributed by atoms with Crippen LogP contribution < -0.4 is 10.6 Å². The van der Waals surface area contributed by atoms with E-state index in [1.807, 2.05) is 31.2 Å². The summed E-state index contributed by atoms with van der Waals surface area (Å²) in [7, 11) is 0. The van der Waals surface area contributed by atoms with E-state index in [0.717, 1.165) is 11.2 Å². The van der Waals surface area contributed by atoms with Gasteiger partial charge in [-0.3, -0.25) is 9.78 Å². The molecular weight excluding hydrogens is 292 g/mol. The Morgan fingerprint density at radius 3 is 2.78 bits per heavy atom. The number of amides is 1. The van der Waals surface area contributed by atoms with Gasteiger partial charge in [0.2, 0.25) is 5.91 Å². The van der Waals surface area contributed by atoms with Gasteiger partial charge >= 0.3 is 0 Å². The summed E-state index contributed by atoms with van der Waals surface area (Å²) in [6, 6.07) is 9.16. The minimum absolute atomic E-state index is 0.101. The molecule has 0 atom stereocenters. The molecule has 0 saturated carbocycles. The molecule has 0 saturated heterocycles. The van der Waals surface area contributed by atoms with Crippen LogP contribution in [-0.2, 0) is 4.79 Å². The summed E-state index contributed by atoms with van der Waals surface area (Å²) < 4.78 is 0. The Morgan fingerprint density at radius 1 is 1.04 bits per heavy atom. The zero-order valence-corrected chi connectivity index (χ0v) is 12.7. The number of nitrogens with zero attached hydrogens (tertiary/aromatic N) is 4. The molecule has 3 rings (SSSR count). The van der Waals surface area contributed by atoms with Crippen molar-refractivity contribution in [1.82, 2.24) is 19.9 Å². The van der Waals surface area contributed by atoms with Crippen molar-refractivity contribution in [2.75, 3.05) is 17.2 Å². The first-order chi connectivity index (χ1) is 11.2. The van der Waals surface area contributed by atoms with Crippen LogP contribution in [0.15, 0.2) is 42.7 Å². The van der Waals surface area contributed by atoms with Gasteiger partial charge in [0.05, 0.1) is 0 Å². The number of anilines is 2. The lowest BCUT2D eigenvalue weighted by molar-refractivity contribution is -0.116. The lowest BCUT2D eigenvalue weighted by atomic mass is 10.3. The third kappa shape index (κ3) is 3.97. The molecule has 0 fully saturated rings. The molecule has 0 radical (unpaired) electrons. The van der Waals surface area contributed by atoms with Crippen LogP contribution in [0.3, 0.4) is 0 Å². The van der Waals surface area contributed by atoms with E-state index in [9.17, 15) is 4.79 Å². The van der Waals surface area contributed by atoms with Gasteiger partial charge in [0.15, 0.2) is 5.65 Å². The molecule has 7 nitrogen and oxygen atoms in total. The lowest BCUT2D eigenvalue weighted by Gasteiger charge is -2.07. The average Bonchev–Trinajstić information content (AvgIpc) is 2.55. The summed E-state index contributed by atoms with van der Waals surface area (Å²) in [5.41, 5.74) is 2.18. The second-order valence-corrected chi connectivity index (χ2v) is 4.98. The Morgan fingerprint density at radius 2 is 1.91 bits per heavy atom. The maximum atomic E-state index is 11.9. The molecule has 0 bridgehead atoms. The maximum absolute atomic E-state index is 11.9. The van der Waals surface area contributed by atoms with Crippen LogP contribution in [0.2, 0.25) is 0 Å². The van der Waals surface area contributed by atoms with Gasteiger partial charge in [0, 0.05) is 31.1 Å². The number of pyridine rings is 2. The van der Waals surface area contributed by atoms with Crippen LogP contribution >= 0.6 is 0 Å². The van der Waals surface area contributed by atoms with Crippen LogP contribution in [0.25, 0.3) is 11.2 Å². The Balaban J connectivity index is 1.52. The molecule has 0 aliphatic rings. The molecule has 3 heterocycles. The number of hydrogen-bond acceptors (Lipinski definition) is 6. The molecular formula is C16H16N6O. The van der Waals surface area contributed by atoms with Crippen molar-refractivity contribution in [2.45, 2.75) is 13.3 Å². The van der Waals surface area contributed by atoms with Crippen molar-refractivity contribution in [3.63, 3.8) is 0 Å². The molecule has 0 unspecified atom stereocenters. The van der Waals surface area contributed by atoms with Gasteiger partial charge in [-0.15, -0.1) is 0 Å². The highest BCUT2D eigenvalue weighted by molar-refractivity contribution is 5.90. The monoisotopic (exact) mass is 308 g/mol. The summed E-state index contributed by atoms with van der Waals surface area (Å²) in [6.45, 7) is 2.35. The van der Waals surface area contributed by atoms with Gasteiger partial charge in [-0.25, -0.2) is 15.0 Å². The van der Waals surface area contributed by atoms with Crippen molar-refractivity contribution in [3.05, 3.63) is 48.4 Å². The quantitative estimate of drug-likeness (QED) is 0.750. The third-order valence-corrected chi connectivity index (χ3v) is 3.15. The fourth-order valence-electron chi connectivity index (χ4n) is 2.07. The number of hydrogen-bond donors (Lipinski definition) is 2. The number of nitrogens with one attached hydrogen (secondary N) is 2. The number of carbonyl (C=O) groups excluding carboxylic acids is 1. The molecule has 23 heavy (non-hydrogen) atoms. The molecule has 0 aliphatic heterocycles. The van der Waals surface area contributed by atoms with Gasteiger partial charge in [0.1, 0.15) is 17.2 Å². The average molecular weight is 308 g/mol. The second-order valence-electron chi connectivity index (χ2n) is 4.98. The fourth-order valence-corrected chi connectivity index (χ4v) is 2.07. The van der Waals surface area contributed by atoms with E-state index in [-0.39, 0.29) is 5.91 Å². The van der Waals surface area contributed by atoms with Crippen molar-refractivity contribution in [2.24, 2.45) is 0 Å². The first-order valence-corrected chi connectivity index (χ1v) is 7.26. The minimum Gasteiger partial charge on any atom is -0.369 e. The Hall–Kier alpha value is -3.09. The highest BCUT2D eigenvalue weighted by atomic mass is 16.1. The number of aromatic nitrogens is 4. The highest BCUT2D eigenvalue weighted by Gasteiger charge is 2.04. The molecule has 0 aromatic carbocycles. The lowest BCUT2D eigenvalue weighted by Crippen LogP contribution is -2.17. The zero-order chi connectivity index (χ0) is 16.1. The van der Waals surface area contributed by atoms with Crippen LogP contribution in [0.4, 0.5) is 11.6 Å². The van der Waals surface area contributed by atoms with Gasteiger partial charge < -0.3 is 10.6 Å². The van der Waals surface area contributed by atoms with Gasteiger partial charge in [0.25, 0.3) is 0 Å². The van der Waals surface area contributed by atoms with Crippen LogP contribution in [0.5, 0.6) is 0 Å². The van der Waals surface area contributed by atoms with Crippen molar-refractivity contribution >= 4 is 28.7 Å². The first kappa shape index (κ1) is 14.8. The molecule has 3 aromatic heterocycles. The fraction of sp³-hybridized carbons (Fsp3) is 0.188. The Labute approximate surface area is 133 Å². The largest absolute Gasteiger partial charge is 0.369 e.